The zero-order valence-corrected chi connectivity index (χ0v) is 12.4. The van der Waals surface area contributed by atoms with Crippen molar-refractivity contribution in [2.45, 2.75) is 20.8 Å². The lowest BCUT2D eigenvalue weighted by molar-refractivity contribution is 0.918. The van der Waals surface area contributed by atoms with Crippen LogP contribution in [0.3, 0.4) is 0 Å². The van der Waals surface area contributed by atoms with Crippen molar-refractivity contribution in [2.75, 3.05) is 5.73 Å². The monoisotopic (exact) mass is 271 g/mol. The van der Waals surface area contributed by atoms with E-state index in [0.29, 0.717) is 5.13 Å². The lowest BCUT2D eigenvalue weighted by Gasteiger charge is -2.00. The maximum atomic E-state index is 5.84. The van der Waals surface area contributed by atoms with Gasteiger partial charge in [0.1, 0.15) is 0 Å². The summed E-state index contributed by atoms with van der Waals surface area (Å²) in [7, 11) is 2.10. The summed E-state index contributed by atoms with van der Waals surface area (Å²) in [6, 6.07) is 6.55. The van der Waals surface area contributed by atoms with Crippen LogP contribution < -0.4 is 5.73 Å². The van der Waals surface area contributed by atoms with Gasteiger partial charge >= 0.3 is 0 Å². The van der Waals surface area contributed by atoms with Crippen LogP contribution in [0.15, 0.2) is 18.2 Å². The van der Waals surface area contributed by atoms with Crippen molar-refractivity contribution in [1.29, 1.82) is 0 Å². The van der Waals surface area contributed by atoms with Crippen LogP contribution in [-0.4, -0.2) is 9.55 Å². The van der Waals surface area contributed by atoms with Crippen LogP contribution in [0.1, 0.15) is 16.1 Å². The molecule has 0 fully saturated rings. The van der Waals surface area contributed by atoms with Crippen LogP contribution in [0.2, 0.25) is 0 Å². The van der Waals surface area contributed by atoms with E-state index in [9.17, 15) is 0 Å². The van der Waals surface area contributed by atoms with Gasteiger partial charge in [0, 0.05) is 34.1 Å². The second kappa shape index (κ2) is 4.10. The summed E-state index contributed by atoms with van der Waals surface area (Å²) < 4.78 is 2.23. The molecule has 98 valence electrons. The van der Waals surface area contributed by atoms with E-state index in [-0.39, 0.29) is 0 Å². The van der Waals surface area contributed by atoms with Crippen LogP contribution in [0, 0.1) is 20.8 Å². The molecule has 2 N–H and O–H groups in total. The molecule has 0 amide bonds. The summed E-state index contributed by atoms with van der Waals surface area (Å²) in [6.45, 7) is 6.34. The number of anilines is 1. The molecule has 2 aromatic heterocycles. The van der Waals surface area contributed by atoms with E-state index in [1.54, 1.807) is 11.3 Å². The highest BCUT2D eigenvalue weighted by Crippen LogP contribution is 2.37. The summed E-state index contributed by atoms with van der Waals surface area (Å²) in [5.74, 6) is 0. The van der Waals surface area contributed by atoms with Crippen molar-refractivity contribution in [2.24, 2.45) is 7.05 Å². The van der Waals surface area contributed by atoms with E-state index in [4.69, 9.17) is 5.73 Å². The summed E-state index contributed by atoms with van der Waals surface area (Å²) in [5.41, 5.74) is 11.8. The first-order chi connectivity index (χ1) is 8.99. The molecule has 0 radical (unpaired) electrons. The highest BCUT2D eigenvalue weighted by Gasteiger charge is 2.18. The average molecular weight is 271 g/mol. The molecule has 1 aromatic carbocycles. The Balaban J connectivity index is 2.41. The molecule has 0 saturated carbocycles. The molecule has 2 heterocycles. The molecule has 3 nitrogen and oxygen atoms in total. The molecule has 19 heavy (non-hydrogen) atoms. The van der Waals surface area contributed by atoms with Gasteiger partial charge in [-0.2, -0.15) is 0 Å². The number of rotatable bonds is 1. The second-order valence-corrected chi connectivity index (χ2v) is 6.23. The first-order valence-corrected chi connectivity index (χ1v) is 7.09. The summed E-state index contributed by atoms with van der Waals surface area (Å²) in [5, 5.41) is 1.88. The molecule has 0 unspecified atom stereocenters. The predicted octanol–water partition coefficient (Wildman–Crippen LogP) is 3.81. The van der Waals surface area contributed by atoms with Crippen molar-refractivity contribution in [1.82, 2.24) is 9.55 Å². The molecule has 0 atom stereocenters. The fourth-order valence-electron chi connectivity index (χ4n) is 2.62. The van der Waals surface area contributed by atoms with Gasteiger partial charge in [0.05, 0.1) is 5.69 Å². The molecule has 3 rings (SSSR count). The Hall–Kier alpha value is -1.81. The maximum Gasteiger partial charge on any atom is 0.180 e. The van der Waals surface area contributed by atoms with Gasteiger partial charge in [0.25, 0.3) is 0 Å². The zero-order valence-electron chi connectivity index (χ0n) is 11.6. The fraction of sp³-hybridized carbons (Fsp3) is 0.267. The highest BCUT2D eigenvalue weighted by molar-refractivity contribution is 7.15. The number of nitrogens with two attached hydrogens (primary N) is 1. The lowest BCUT2D eigenvalue weighted by atomic mass is 10.1. The van der Waals surface area contributed by atoms with Crippen LogP contribution in [0.25, 0.3) is 22.2 Å². The van der Waals surface area contributed by atoms with Crippen molar-refractivity contribution in [3.63, 3.8) is 0 Å². The smallest absolute Gasteiger partial charge is 0.180 e. The molecule has 0 bridgehead atoms. The van der Waals surface area contributed by atoms with E-state index < -0.39 is 0 Å². The molecular formula is C15H17N3S. The van der Waals surface area contributed by atoms with E-state index in [1.807, 2.05) is 0 Å². The second-order valence-electron chi connectivity index (χ2n) is 5.00. The standard InChI is InChI=1S/C15H17N3S/c1-8-5-6-11-12(7-8)18(4)9(2)13(11)14-10(3)19-15(16)17-14/h5-7H,1-4H3,(H2,16,17). The minimum absolute atomic E-state index is 0.635. The van der Waals surface area contributed by atoms with Gasteiger partial charge in [0.2, 0.25) is 0 Å². The minimum Gasteiger partial charge on any atom is -0.375 e. The van der Waals surface area contributed by atoms with Crippen molar-refractivity contribution in [3.8, 4) is 11.3 Å². The van der Waals surface area contributed by atoms with Gasteiger partial charge in [-0.25, -0.2) is 4.98 Å². The van der Waals surface area contributed by atoms with Gasteiger partial charge in [-0.1, -0.05) is 12.1 Å². The quantitative estimate of drug-likeness (QED) is 0.731. The molecule has 0 aliphatic carbocycles. The lowest BCUT2D eigenvalue weighted by Crippen LogP contribution is -1.91. The Morgan fingerprint density at radius 3 is 2.58 bits per heavy atom. The van der Waals surface area contributed by atoms with Crippen LogP contribution in [0.5, 0.6) is 0 Å². The molecule has 0 spiro atoms. The van der Waals surface area contributed by atoms with Crippen molar-refractivity contribution < 1.29 is 0 Å². The number of hydrogen-bond donors (Lipinski definition) is 1. The molecule has 4 heteroatoms. The molecule has 0 saturated heterocycles. The van der Waals surface area contributed by atoms with E-state index >= 15 is 0 Å². The summed E-state index contributed by atoms with van der Waals surface area (Å²) in [4.78, 5) is 5.68. The normalized spacial score (nSPS) is 11.4. The number of aryl methyl sites for hydroxylation is 3. The van der Waals surface area contributed by atoms with Crippen molar-refractivity contribution >= 4 is 27.4 Å². The topological polar surface area (TPSA) is 43.8 Å². The molecule has 0 aliphatic heterocycles. The van der Waals surface area contributed by atoms with Gasteiger partial charge < -0.3 is 10.3 Å². The first-order valence-electron chi connectivity index (χ1n) is 6.28. The molecule has 3 aromatic rings. The summed E-state index contributed by atoms with van der Waals surface area (Å²) >= 11 is 1.55. The van der Waals surface area contributed by atoms with Crippen molar-refractivity contribution in [3.05, 3.63) is 34.3 Å². The number of benzene rings is 1. The number of aromatic nitrogens is 2. The third kappa shape index (κ3) is 1.75. The average Bonchev–Trinajstić information content (AvgIpc) is 2.80. The van der Waals surface area contributed by atoms with E-state index in [0.717, 1.165) is 5.69 Å². The van der Waals surface area contributed by atoms with Crippen LogP contribution >= 0.6 is 11.3 Å². The Morgan fingerprint density at radius 1 is 1.21 bits per heavy atom. The number of fused-ring (bicyclic) bond motifs is 1. The number of hydrogen-bond acceptors (Lipinski definition) is 3. The van der Waals surface area contributed by atoms with Gasteiger partial charge in [-0.3, -0.25) is 0 Å². The Labute approximate surface area is 116 Å². The highest BCUT2D eigenvalue weighted by atomic mass is 32.1. The summed E-state index contributed by atoms with van der Waals surface area (Å²) in [6.07, 6.45) is 0. The maximum absolute atomic E-state index is 5.84. The predicted molar refractivity (Wildman–Crippen MR) is 82.7 cm³/mol. The molecular weight excluding hydrogens is 254 g/mol. The van der Waals surface area contributed by atoms with E-state index in [1.165, 1.54) is 32.6 Å². The Morgan fingerprint density at radius 2 is 1.95 bits per heavy atom. The third-order valence-electron chi connectivity index (χ3n) is 3.70. The number of thiazole rings is 1. The van der Waals surface area contributed by atoms with E-state index in [2.05, 4.69) is 55.6 Å². The largest absolute Gasteiger partial charge is 0.375 e. The SMILES string of the molecule is Cc1ccc2c(-c3nc(N)sc3C)c(C)n(C)c2c1. The zero-order chi connectivity index (χ0) is 13.7. The van der Waals surface area contributed by atoms with Gasteiger partial charge in [-0.15, -0.1) is 11.3 Å². The Kier molecular flexibility index (Phi) is 2.64. The molecule has 0 aliphatic rings. The van der Waals surface area contributed by atoms with Gasteiger partial charge in [-0.05, 0) is 32.4 Å². The fourth-order valence-corrected chi connectivity index (χ4v) is 3.32. The van der Waals surface area contributed by atoms with Crippen LogP contribution in [0.4, 0.5) is 5.13 Å². The third-order valence-corrected chi connectivity index (χ3v) is 4.50. The first kappa shape index (κ1) is 12.2. The Bertz CT molecular complexity index is 780. The number of nitrogens with zero attached hydrogens (tertiary/aromatic N) is 2. The van der Waals surface area contributed by atoms with Crippen LogP contribution in [-0.2, 0) is 7.05 Å². The number of nitrogen functional groups attached to an aromatic ring is 1. The van der Waals surface area contributed by atoms with Gasteiger partial charge in [0.15, 0.2) is 5.13 Å². The minimum atomic E-state index is 0.635.